The number of hydrogen-bond donors (Lipinski definition) is 1. The molecule has 0 aliphatic carbocycles. The molecule has 1 aromatic rings. The van der Waals surface area contributed by atoms with Crippen LogP contribution in [0.4, 0.5) is 0 Å². The van der Waals surface area contributed by atoms with Crippen LogP contribution in [0.15, 0.2) is 6.20 Å². The molecule has 0 spiro atoms. The highest BCUT2D eigenvalue weighted by Gasteiger charge is 2.20. The second-order valence-corrected chi connectivity index (χ2v) is 4.95. The molecule has 1 aliphatic rings. The Labute approximate surface area is 86.0 Å². The lowest BCUT2D eigenvalue weighted by Gasteiger charge is -2.12. The van der Waals surface area contributed by atoms with E-state index in [4.69, 9.17) is 11.6 Å². The number of thiazole rings is 1. The first-order valence-electron chi connectivity index (χ1n) is 4.24. The molecule has 0 saturated carbocycles. The standard InChI is InChI=1S/C8H11ClN2OS/c9-8-10-3-7(13-8)5-11-2-1-6(12)4-11/h3,6,12H,1-2,4-5H2/t6-/m0/s1. The van der Waals surface area contributed by atoms with Gasteiger partial charge in [-0.25, -0.2) is 4.98 Å². The molecule has 1 aromatic heterocycles. The summed E-state index contributed by atoms with van der Waals surface area (Å²) < 4.78 is 0.592. The zero-order valence-electron chi connectivity index (χ0n) is 7.11. The molecule has 5 heteroatoms. The van der Waals surface area contributed by atoms with E-state index >= 15 is 0 Å². The molecule has 1 N–H and O–H groups in total. The van der Waals surface area contributed by atoms with Crippen molar-refractivity contribution in [2.75, 3.05) is 13.1 Å². The van der Waals surface area contributed by atoms with Crippen LogP contribution in [0, 0.1) is 0 Å². The van der Waals surface area contributed by atoms with Gasteiger partial charge in [0.2, 0.25) is 0 Å². The number of aromatic nitrogens is 1. The number of nitrogens with zero attached hydrogens (tertiary/aromatic N) is 2. The van der Waals surface area contributed by atoms with Crippen molar-refractivity contribution in [3.05, 3.63) is 15.5 Å². The molecular weight excluding hydrogens is 208 g/mol. The summed E-state index contributed by atoms with van der Waals surface area (Å²) in [6.45, 7) is 2.60. The van der Waals surface area contributed by atoms with Gasteiger partial charge in [0, 0.05) is 30.7 Å². The number of halogens is 1. The van der Waals surface area contributed by atoms with Crippen LogP contribution in [-0.2, 0) is 6.54 Å². The van der Waals surface area contributed by atoms with E-state index in [1.807, 2.05) is 0 Å². The predicted molar refractivity (Wildman–Crippen MR) is 53.0 cm³/mol. The van der Waals surface area contributed by atoms with Crippen molar-refractivity contribution in [1.29, 1.82) is 0 Å². The van der Waals surface area contributed by atoms with Gasteiger partial charge in [0.1, 0.15) is 0 Å². The minimum absolute atomic E-state index is 0.150. The summed E-state index contributed by atoms with van der Waals surface area (Å²) in [5, 5.41) is 9.30. The molecule has 0 radical (unpaired) electrons. The maximum atomic E-state index is 9.30. The van der Waals surface area contributed by atoms with E-state index in [-0.39, 0.29) is 6.10 Å². The van der Waals surface area contributed by atoms with Gasteiger partial charge < -0.3 is 5.11 Å². The van der Waals surface area contributed by atoms with Crippen molar-refractivity contribution in [2.24, 2.45) is 0 Å². The summed E-state index contributed by atoms with van der Waals surface area (Å²) in [4.78, 5) is 7.36. The lowest BCUT2D eigenvalue weighted by Crippen LogP contribution is -2.20. The number of aliphatic hydroxyl groups excluding tert-OH is 1. The fourth-order valence-electron chi connectivity index (χ4n) is 1.53. The topological polar surface area (TPSA) is 36.4 Å². The quantitative estimate of drug-likeness (QED) is 0.815. The summed E-state index contributed by atoms with van der Waals surface area (Å²) in [5.74, 6) is 0. The molecule has 0 aromatic carbocycles. The van der Waals surface area contributed by atoms with Crippen LogP contribution < -0.4 is 0 Å². The summed E-state index contributed by atoms with van der Waals surface area (Å²) in [6.07, 6.45) is 2.54. The lowest BCUT2D eigenvalue weighted by molar-refractivity contribution is 0.175. The van der Waals surface area contributed by atoms with Crippen LogP contribution in [-0.4, -0.2) is 34.2 Å². The number of hydrogen-bond acceptors (Lipinski definition) is 4. The van der Waals surface area contributed by atoms with Gasteiger partial charge in [0.05, 0.1) is 6.10 Å². The summed E-state index contributed by atoms with van der Waals surface area (Å²) in [6, 6.07) is 0. The van der Waals surface area contributed by atoms with Gasteiger partial charge >= 0.3 is 0 Å². The Morgan fingerprint density at radius 1 is 1.77 bits per heavy atom. The van der Waals surface area contributed by atoms with Gasteiger partial charge in [0.25, 0.3) is 0 Å². The van der Waals surface area contributed by atoms with Crippen molar-refractivity contribution in [3.63, 3.8) is 0 Å². The predicted octanol–water partition coefficient (Wildman–Crippen LogP) is 1.36. The SMILES string of the molecule is O[C@H]1CCN(Cc2cnc(Cl)s2)C1. The third-order valence-corrected chi connectivity index (χ3v) is 3.25. The molecule has 1 saturated heterocycles. The molecule has 13 heavy (non-hydrogen) atoms. The monoisotopic (exact) mass is 218 g/mol. The fraction of sp³-hybridized carbons (Fsp3) is 0.625. The Balaban J connectivity index is 1.91. The van der Waals surface area contributed by atoms with Crippen molar-refractivity contribution in [2.45, 2.75) is 19.1 Å². The van der Waals surface area contributed by atoms with E-state index in [0.29, 0.717) is 4.47 Å². The largest absolute Gasteiger partial charge is 0.392 e. The van der Waals surface area contributed by atoms with Gasteiger partial charge in [-0.3, -0.25) is 4.90 Å². The van der Waals surface area contributed by atoms with Crippen molar-refractivity contribution in [1.82, 2.24) is 9.88 Å². The Kier molecular flexibility index (Phi) is 2.83. The highest BCUT2D eigenvalue weighted by molar-refractivity contribution is 7.15. The molecule has 1 aliphatic heterocycles. The van der Waals surface area contributed by atoms with Crippen LogP contribution in [0.2, 0.25) is 4.47 Å². The fourth-order valence-corrected chi connectivity index (χ4v) is 2.55. The summed E-state index contributed by atoms with van der Waals surface area (Å²) in [5.41, 5.74) is 0. The van der Waals surface area contributed by atoms with Crippen LogP contribution in [0.25, 0.3) is 0 Å². The van der Waals surface area contributed by atoms with E-state index in [1.54, 1.807) is 6.20 Å². The summed E-state index contributed by atoms with van der Waals surface area (Å²) in [7, 11) is 0. The molecule has 2 heterocycles. The zero-order valence-corrected chi connectivity index (χ0v) is 8.68. The number of aliphatic hydroxyl groups is 1. The van der Waals surface area contributed by atoms with Gasteiger partial charge in [-0.2, -0.15) is 0 Å². The lowest BCUT2D eigenvalue weighted by atomic mass is 10.3. The number of β-amino-alcohol motifs (C(OH)–C–C–N with tert-alkyl or cyclic N) is 1. The van der Waals surface area contributed by atoms with Crippen LogP contribution in [0.1, 0.15) is 11.3 Å². The van der Waals surface area contributed by atoms with E-state index in [2.05, 4.69) is 9.88 Å². The van der Waals surface area contributed by atoms with Crippen molar-refractivity contribution < 1.29 is 5.11 Å². The number of likely N-dealkylation sites (tertiary alicyclic amines) is 1. The maximum absolute atomic E-state index is 9.30. The normalized spacial score (nSPS) is 24.0. The first-order valence-corrected chi connectivity index (χ1v) is 5.44. The van der Waals surface area contributed by atoms with Crippen LogP contribution >= 0.6 is 22.9 Å². The Morgan fingerprint density at radius 2 is 2.62 bits per heavy atom. The summed E-state index contributed by atoms with van der Waals surface area (Å²) >= 11 is 7.22. The highest BCUT2D eigenvalue weighted by Crippen LogP contribution is 2.21. The first-order chi connectivity index (χ1) is 6.24. The van der Waals surface area contributed by atoms with E-state index in [1.165, 1.54) is 16.2 Å². The Morgan fingerprint density at radius 3 is 3.15 bits per heavy atom. The zero-order chi connectivity index (χ0) is 9.26. The molecule has 0 unspecified atom stereocenters. The molecule has 1 atom stereocenters. The highest BCUT2D eigenvalue weighted by atomic mass is 35.5. The van der Waals surface area contributed by atoms with Crippen molar-refractivity contribution >= 4 is 22.9 Å². The molecular formula is C8H11ClN2OS. The maximum Gasteiger partial charge on any atom is 0.183 e. The minimum Gasteiger partial charge on any atom is -0.392 e. The van der Waals surface area contributed by atoms with E-state index in [9.17, 15) is 5.11 Å². The minimum atomic E-state index is -0.150. The average molecular weight is 219 g/mol. The van der Waals surface area contributed by atoms with Gasteiger partial charge in [0.15, 0.2) is 4.47 Å². The third kappa shape index (κ3) is 2.40. The smallest absolute Gasteiger partial charge is 0.183 e. The van der Waals surface area contributed by atoms with Crippen molar-refractivity contribution in [3.8, 4) is 0 Å². The second-order valence-electron chi connectivity index (χ2n) is 3.26. The molecule has 2 rings (SSSR count). The molecule has 3 nitrogen and oxygen atoms in total. The van der Waals surface area contributed by atoms with E-state index < -0.39 is 0 Å². The molecule has 1 fully saturated rings. The molecule has 72 valence electrons. The van der Waals surface area contributed by atoms with E-state index in [0.717, 1.165) is 26.1 Å². The third-order valence-electron chi connectivity index (χ3n) is 2.15. The van der Waals surface area contributed by atoms with Gasteiger partial charge in [-0.1, -0.05) is 11.6 Å². The first kappa shape index (κ1) is 9.40. The molecule has 0 amide bonds. The second kappa shape index (κ2) is 3.92. The van der Waals surface area contributed by atoms with Gasteiger partial charge in [-0.05, 0) is 6.42 Å². The molecule has 0 bridgehead atoms. The Hall–Kier alpha value is -0.160. The average Bonchev–Trinajstić information content (AvgIpc) is 2.62. The van der Waals surface area contributed by atoms with Gasteiger partial charge in [-0.15, -0.1) is 11.3 Å². The van der Waals surface area contributed by atoms with Crippen LogP contribution in [0.5, 0.6) is 0 Å². The number of rotatable bonds is 2. The van der Waals surface area contributed by atoms with Crippen LogP contribution in [0.3, 0.4) is 0 Å². The Bertz CT molecular complexity index is 291.